The van der Waals surface area contributed by atoms with E-state index in [9.17, 15) is 0 Å². The first-order valence-electron chi connectivity index (χ1n) is 10.2. The van der Waals surface area contributed by atoms with Gasteiger partial charge in [0.15, 0.2) is 5.54 Å². The number of aliphatic imine (C=N–C) groups is 1. The minimum Gasteiger partial charge on any atom is -0.497 e. The molecule has 0 aliphatic carbocycles. The normalized spacial score (nSPS) is 18.3. The van der Waals surface area contributed by atoms with Crippen molar-refractivity contribution >= 4 is 12.5 Å². The van der Waals surface area contributed by atoms with Gasteiger partial charge in [0.2, 0.25) is 0 Å². The van der Waals surface area contributed by atoms with E-state index in [4.69, 9.17) is 34.8 Å². The summed E-state index contributed by atoms with van der Waals surface area (Å²) in [5, 5.41) is 6.89. The Hall–Kier alpha value is -4.00. The lowest BCUT2D eigenvalue weighted by Gasteiger charge is -2.26. The highest BCUT2D eigenvalue weighted by Gasteiger charge is 2.40. The predicted octanol–water partition coefficient (Wildman–Crippen LogP) is 3.59. The van der Waals surface area contributed by atoms with Crippen molar-refractivity contribution in [3.8, 4) is 22.6 Å². The lowest BCUT2D eigenvalue weighted by molar-refractivity contribution is -0.122. The molecule has 164 valence electrons. The summed E-state index contributed by atoms with van der Waals surface area (Å²) >= 11 is 0. The van der Waals surface area contributed by atoms with Crippen LogP contribution in [0.5, 0.6) is 11.5 Å². The maximum Gasteiger partial charge on any atom is 0.290 e. The third-order valence-corrected chi connectivity index (χ3v) is 5.64. The molecule has 0 amide bonds. The number of hydrogen-bond donors (Lipinski definition) is 2. The van der Waals surface area contributed by atoms with Gasteiger partial charge in [0.1, 0.15) is 18.1 Å². The van der Waals surface area contributed by atoms with Gasteiger partial charge in [-0.3, -0.25) is 4.79 Å². The van der Waals surface area contributed by atoms with Gasteiger partial charge in [-0.05, 0) is 58.1 Å². The summed E-state index contributed by atoms with van der Waals surface area (Å²) < 4.78 is 16.7. The van der Waals surface area contributed by atoms with Crippen LogP contribution in [0.15, 0.2) is 71.7 Å². The minimum atomic E-state index is -0.670. The van der Waals surface area contributed by atoms with Crippen LogP contribution >= 0.6 is 0 Å². The molecular formula is C25H24N2O5. The molecule has 5 rings (SSSR count). The van der Waals surface area contributed by atoms with E-state index in [2.05, 4.69) is 36.4 Å². The Kier molecular flexibility index (Phi) is 5.98. The number of carbonyl (C=O) groups is 1. The lowest BCUT2D eigenvalue weighted by Crippen LogP contribution is -2.27. The molecule has 2 aliphatic heterocycles. The molecule has 0 bridgehead atoms. The average molecular weight is 432 g/mol. The molecule has 1 atom stereocenters. The summed E-state index contributed by atoms with van der Waals surface area (Å²) in [6.45, 7) is 0.846. The van der Waals surface area contributed by atoms with Crippen LogP contribution in [0.3, 0.4) is 0 Å². The van der Waals surface area contributed by atoms with Crippen LogP contribution in [0.1, 0.15) is 16.7 Å². The zero-order chi connectivity index (χ0) is 22.6. The van der Waals surface area contributed by atoms with Gasteiger partial charge in [-0.15, -0.1) is 0 Å². The highest BCUT2D eigenvalue weighted by atomic mass is 16.5. The molecular weight excluding hydrogens is 408 g/mol. The van der Waals surface area contributed by atoms with Crippen molar-refractivity contribution in [2.24, 2.45) is 10.7 Å². The van der Waals surface area contributed by atoms with Crippen LogP contribution < -0.4 is 15.2 Å². The molecule has 2 heterocycles. The van der Waals surface area contributed by atoms with E-state index in [0.29, 0.717) is 6.61 Å². The Morgan fingerprint density at radius 3 is 2.47 bits per heavy atom. The summed E-state index contributed by atoms with van der Waals surface area (Å²) in [7, 11) is 1.68. The van der Waals surface area contributed by atoms with Gasteiger partial charge in [-0.25, -0.2) is 4.99 Å². The molecule has 3 N–H and O–H groups in total. The number of fused-ring (bicyclic) bond motifs is 1. The molecule has 0 radical (unpaired) electrons. The standard InChI is InChI=1S/C24H22N2O3.CH2O2/c1-27-21-7-3-5-17(14-21)16-4-2-6-19(12-16)24(15-29-23(25)26-24)20-8-9-22-18(13-20)10-11-28-22;2-1-3/h2-9,12-14H,10-11,15H2,1H3,(H2,25,26);1H,(H,2,3). The molecule has 7 heteroatoms. The van der Waals surface area contributed by atoms with Crippen LogP contribution in [0.25, 0.3) is 11.1 Å². The fourth-order valence-corrected chi connectivity index (χ4v) is 4.10. The van der Waals surface area contributed by atoms with E-state index >= 15 is 0 Å². The monoisotopic (exact) mass is 432 g/mol. The van der Waals surface area contributed by atoms with Crippen LogP contribution in [0.4, 0.5) is 0 Å². The number of nitrogens with two attached hydrogens (primary N) is 1. The zero-order valence-electron chi connectivity index (χ0n) is 17.7. The lowest BCUT2D eigenvalue weighted by atomic mass is 9.82. The van der Waals surface area contributed by atoms with Gasteiger partial charge in [0, 0.05) is 6.42 Å². The van der Waals surface area contributed by atoms with Crippen LogP contribution in [0.2, 0.25) is 0 Å². The molecule has 1 unspecified atom stereocenters. The van der Waals surface area contributed by atoms with Gasteiger partial charge in [-0.1, -0.05) is 36.4 Å². The molecule has 0 spiro atoms. The Balaban J connectivity index is 0.000000775. The Morgan fingerprint density at radius 1 is 1.03 bits per heavy atom. The van der Waals surface area contributed by atoms with Crippen LogP contribution in [-0.4, -0.2) is 37.9 Å². The van der Waals surface area contributed by atoms with Crippen molar-refractivity contribution in [1.82, 2.24) is 0 Å². The van der Waals surface area contributed by atoms with Crippen LogP contribution in [-0.2, 0) is 21.5 Å². The number of methoxy groups -OCH3 is 1. The fraction of sp³-hybridized carbons (Fsp3) is 0.200. The van der Waals surface area contributed by atoms with Crippen LogP contribution in [0, 0.1) is 0 Å². The fourth-order valence-electron chi connectivity index (χ4n) is 4.10. The molecule has 0 saturated carbocycles. The molecule has 3 aromatic rings. The number of nitrogens with zero attached hydrogens (tertiary/aromatic N) is 1. The smallest absolute Gasteiger partial charge is 0.290 e. The number of amidine groups is 1. The minimum absolute atomic E-state index is 0.216. The van der Waals surface area contributed by atoms with E-state index in [-0.39, 0.29) is 12.5 Å². The first-order valence-corrected chi connectivity index (χ1v) is 10.2. The molecule has 0 fully saturated rings. The summed E-state index contributed by atoms with van der Waals surface area (Å²) in [6, 6.07) is 22.9. The number of ether oxygens (including phenoxy) is 3. The second-order valence-corrected chi connectivity index (χ2v) is 7.44. The quantitative estimate of drug-likeness (QED) is 0.611. The van der Waals surface area contributed by atoms with Gasteiger partial charge >= 0.3 is 0 Å². The van der Waals surface area contributed by atoms with Crippen molar-refractivity contribution in [3.63, 3.8) is 0 Å². The third-order valence-electron chi connectivity index (χ3n) is 5.64. The number of carboxylic acid groups (broad SMARTS) is 1. The summed E-state index contributed by atoms with van der Waals surface area (Å²) in [5.41, 5.74) is 10.8. The Bertz CT molecular complexity index is 1160. The maximum absolute atomic E-state index is 8.36. The van der Waals surface area contributed by atoms with E-state index in [0.717, 1.165) is 46.8 Å². The predicted molar refractivity (Wildman–Crippen MR) is 121 cm³/mol. The topological polar surface area (TPSA) is 103 Å². The summed E-state index contributed by atoms with van der Waals surface area (Å²) in [5.74, 6) is 1.78. The van der Waals surface area contributed by atoms with Crippen molar-refractivity contribution in [1.29, 1.82) is 0 Å². The Morgan fingerprint density at radius 2 is 1.75 bits per heavy atom. The van der Waals surface area contributed by atoms with E-state index in [1.807, 2.05) is 30.3 Å². The number of hydrogen-bond acceptors (Lipinski definition) is 6. The van der Waals surface area contributed by atoms with Crippen molar-refractivity contribution in [3.05, 3.63) is 83.4 Å². The van der Waals surface area contributed by atoms with Crippen molar-refractivity contribution < 1.29 is 24.1 Å². The highest BCUT2D eigenvalue weighted by Crippen LogP contribution is 2.41. The molecule has 32 heavy (non-hydrogen) atoms. The molecule has 0 saturated heterocycles. The van der Waals surface area contributed by atoms with Gasteiger partial charge < -0.3 is 25.1 Å². The number of rotatable bonds is 4. The zero-order valence-corrected chi connectivity index (χ0v) is 17.7. The summed E-state index contributed by atoms with van der Waals surface area (Å²) in [6.07, 6.45) is 0.906. The van der Waals surface area contributed by atoms with Gasteiger partial charge in [0.05, 0.1) is 13.7 Å². The molecule has 7 nitrogen and oxygen atoms in total. The van der Waals surface area contributed by atoms with E-state index < -0.39 is 5.54 Å². The maximum atomic E-state index is 8.36. The third kappa shape index (κ3) is 3.97. The van der Waals surface area contributed by atoms with E-state index in [1.165, 1.54) is 5.56 Å². The number of benzene rings is 3. The Labute approximate surface area is 186 Å². The molecule has 3 aromatic carbocycles. The summed E-state index contributed by atoms with van der Waals surface area (Å²) in [4.78, 5) is 13.1. The highest BCUT2D eigenvalue weighted by molar-refractivity contribution is 5.76. The second-order valence-electron chi connectivity index (χ2n) is 7.44. The van der Waals surface area contributed by atoms with E-state index in [1.54, 1.807) is 7.11 Å². The van der Waals surface area contributed by atoms with Crippen molar-refractivity contribution in [2.75, 3.05) is 20.3 Å². The average Bonchev–Trinajstić information content (AvgIpc) is 3.46. The van der Waals surface area contributed by atoms with Gasteiger partial charge in [-0.2, -0.15) is 0 Å². The first kappa shape index (κ1) is 21.2. The second kappa shape index (κ2) is 9.01. The molecule has 2 aliphatic rings. The first-order chi connectivity index (χ1) is 15.6. The SMILES string of the molecule is COc1cccc(-c2cccc(C3(c4ccc5c(c4)CCO5)COC(N)=N3)c2)c1.O=CO. The largest absolute Gasteiger partial charge is 0.497 e. The molecule has 0 aromatic heterocycles. The van der Waals surface area contributed by atoms with Gasteiger partial charge in [0.25, 0.3) is 12.5 Å². The van der Waals surface area contributed by atoms with Crippen molar-refractivity contribution in [2.45, 2.75) is 12.0 Å².